The van der Waals surface area contributed by atoms with Gasteiger partial charge in [-0.25, -0.2) is 9.97 Å². The van der Waals surface area contributed by atoms with Crippen LogP contribution in [0.1, 0.15) is 48.5 Å². The highest BCUT2D eigenvalue weighted by Crippen LogP contribution is 2.40. The normalized spacial score (nSPS) is 21.8. The number of aromatic nitrogens is 2. The molecule has 1 aliphatic heterocycles. The predicted octanol–water partition coefficient (Wildman–Crippen LogP) is 1.80. The Morgan fingerprint density at radius 2 is 1.94 bits per heavy atom. The van der Waals surface area contributed by atoms with E-state index in [1.54, 1.807) is 7.11 Å². The zero-order valence-electron chi connectivity index (χ0n) is 10.5. The van der Waals surface area contributed by atoms with Crippen molar-refractivity contribution in [3.63, 3.8) is 0 Å². The second-order valence-corrected chi connectivity index (χ2v) is 5.07. The first-order chi connectivity index (χ1) is 8.25. The zero-order valence-corrected chi connectivity index (χ0v) is 10.5. The highest BCUT2D eigenvalue weighted by Gasteiger charge is 2.39. The standard InChI is InChI=1S/C13H19N3O/c1-9-10-7-14-8-11(10)16-12(15-9)13(17-2)5-3-4-6-13/h14H,3-8H2,1-2H3. The van der Waals surface area contributed by atoms with Crippen molar-refractivity contribution in [1.29, 1.82) is 0 Å². The molecule has 1 N–H and O–H groups in total. The Balaban J connectivity index is 2.06. The molecular formula is C13H19N3O. The molecule has 0 aromatic carbocycles. The summed E-state index contributed by atoms with van der Waals surface area (Å²) in [5.41, 5.74) is 3.33. The lowest BCUT2D eigenvalue weighted by molar-refractivity contribution is -0.0165. The van der Waals surface area contributed by atoms with Gasteiger partial charge < -0.3 is 10.1 Å². The van der Waals surface area contributed by atoms with Crippen LogP contribution in [0, 0.1) is 6.92 Å². The third-order valence-corrected chi connectivity index (χ3v) is 4.10. The fourth-order valence-corrected chi connectivity index (χ4v) is 3.01. The average Bonchev–Trinajstić information content (AvgIpc) is 2.98. The summed E-state index contributed by atoms with van der Waals surface area (Å²) in [4.78, 5) is 9.43. The molecule has 2 aliphatic rings. The highest BCUT2D eigenvalue weighted by molar-refractivity contribution is 5.29. The first kappa shape index (κ1) is 11.1. The highest BCUT2D eigenvalue weighted by atomic mass is 16.5. The maximum absolute atomic E-state index is 5.75. The molecule has 1 aromatic rings. The fourth-order valence-electron chi connectivity index (χ4n) is 3.01. The van der Waals surface area contributed by atoms with E-state index in [1.165, 1.54) is 18.4 Å². The molecule has 92 valence electrons. The zero-order chi connectivity index (χ0) is 11.9. The Kier molecular flexibility index (Phi) is 2.64. The van der Waals surface area contributed by atoms with E-state index >= 15 is 0 Å². The monoisotopic (exact) mass is 233 g/mol. The summed E-state index contributed by atoms with van der Waals surface area (Å²) in [6.07, 6.45) is 4.53. The Morgan fingerprint density at radius 1 is 1.18 bits per heavy atom. The van der Waals surface area contributed by atoms with Crippen molar-refractivity contribution in [1.82, 2.24) is 15.3 Å². The predicted molar refractivity (Wildman–Crippen MR) is 64.5 cm³/mol. The molecule has 0 atom stereocenters. The number of ether oxygens (including phenoxy) is 1. The van der Waals surface area contributed by atoms with Gasteiger partial charge in [-0.2, -0.15) is 0 Å². The van der Waals surface area contributed by atoms with Gasteiger partial charge in [0.25, 0.3) is 0 Å². The minimum absolute atomic E-state index is 0.220. The van der Waals surface area contributed by atoms with E-state index in [0.717, 1.165) is 43.1 Å². The number of hydrogen-bond donors (Lipinski definition) is 1. The molecule has 2 heterocycles. The van der Waals surface area contributed by atoms with E-state index in [0.29, 0.717) is 0 Å². The average molecular weight is 233 g/mol. The van der Waals surface area contributed by atoms with Crippen LogP contribution in [0.3, 0.4) is 0 Å². The molecule has 17 heavy (non-hydrogen) atoms. The second-order valence-electron chi connectivity index (χ2n) is 5.07. The lowest BCUT2D eigenvalue weighted by atomic mass is 10.00. The summed E-state index contributed by atoms with van der Waals surface area (Å²) in [5.74, 6) is 0.900. The Hall–Kier alpha value is -1.00. The molecule has 1 aliphatic carbocycles. The number of rotatable bonds is 2. The third-order valence-electron chi connectivity index (χ3n) is 4.10. The molecule has 0 saturated heterocycles. The molecule has 1 saturated carbocycles. The van der Waals surface area contributed by atoms with E-state index in [9.17, 15) is 0 Å². The Bertz CT molecular complexity index is 439. The van der Waals surface area contributed by atoms with Crippen LogP contribution >= 0.6 is 0 Å². The van der Waals surface area contributed by atoms with Gasteiger partial charge in [0.2, 0.25) is 0 Å². The van der Waals surface area contributed by atoms with Crippen LogP contribution < -0.4 is 5.32 Å². The van der Waals surface area contributed by atoms with Crippen molar-refractivity contribution in [2.45, 2.75) is 51.3 Å². The lowest BCUT2D eigenvalue weighted by Crippen LogP contribution is -2.28. The van der Waals surface area contributed by atoms with E-state index in [-0.39, 0.29) is 5.60 Å². The third kappa shape index (κ3) is 1.67. The summed E-state index contributed by atoms with van der Waals surface area (Å²) < 4.78 is 5.75. The molecule has 1 fully saturated rings. The SMILES string of the molecule is COC1(c2nc(C)c3c(n2)CNC3)CCCC1. The van der Waals surface area contributed by atoms with Gasteiger partial charge >= 0.3 is 0 Å². The van der Waals surface area contributed by atoms with Gasteiger partial charge in [-0.05, 0) is 32.6 Å². The van der Waals surface area contributed by atoms with Crippen molar-refractivity contribution in [3.8, 4) is 0 Å². The largest absolute Gasteiger partial charge is 0.370 e. The van der Waals surface area contributed by atoms with Gasteiger partial charge in [-0.3, -0.25) is 0 Å². The van der Waals surface area contributed by atoms with E-state index in [2.05, 4.69) is 12.2 Å². The van der Waals surface area contributed by atoms with Crippen LogP contribution in [-0.4, -0.2) is 17.1 Å². The molecule has 0 unspecified atom stereocenters. The van der Waals surface area contributed by atoms with Gasteiger partial charge in [0.15, 0.2) is 5.82 Å². The summed E-state index contributed by atoms with van der Waals surface area (Å²) in [7, 11) is 1.79. The molecule has 4 nitrogen and oxygen atoms in total. The lowest BCUT2D eigenvalue weighted by Gasteiger charge is -2.26. The second kappa shape index (κ2) is 4.03. The Morgan fingerprint density at radius 3 is 2.65 bits per heavy atom. The maximum atomic E-state index is 5.75. The molecule has 4 heteroatoms. The number of nitrogens with one attached hydrogen (secondary N) is 1. The number of fused-ring (bicyclic) bond motifs is 1. The number of methoxy groups -OCH3 is 1. The van der Waals surface area contributed by atoms with Gasteiger partial charge in [0, 0.05) is 31.5 Å². The summed E-state index contributed by atoms with van der Waals surface area (Å²) in [6.45, 7) is 3.85. The number of aryl methyl sites for hydroxylation is 1. The quantitative estimate of drug-likeness (QED) is 0.846. The molecule has 1 aromatic heterocycles. The fraction of sp³-hybridized carbons (Fsp3) is 0.692. The molecule has 0 amide bonds. The molecule has 3 rings (SSSR count). The summed E-state index contributed by atoms with van der Waals surface area (Å²) >= 11 is 0. The van der Waals surface area contributed by atoms with Crippen LogP contribution in [0.4, 0.5) is 0 Å². The van der Waals surface area contributed by atoms with Crippen LogP contribution in [-0.2, 0) is 23.4 Å². The Labute approximate surface area is 102 Å². The van der Waals surface area contributed by atoms with Crippen LogP contribution in [0.25, 0.3) is 0 Å². The van der Waals surface area contributed by atoms with Crippen molar-refractivity contribution in [2.75, 3.05) is 7.11 Å². The molecule has 0 radical (unpaired) electrons. The minimum atomic E-state index is -0.220. The minimum Gasteiger partial charge on any atom is -0.370 e. The number of hydrogen-bond acceptors (Lipinski definition) is 4. The molecule has 0 spiro atoms. The van der Waals surface area contributed by atoms with E-state index in [1.807, 2.05) is 0 Å². The first-order valence-electron chi connectivity index (χ1n) is 6.38. The van der Waals surface area contributed by atoms with E-state index in [4.69, 9.17) is 14.7 Å². The summed E-state index contributed by atoms with van der Waals surface area (Å²) in [6, 6.07) is 0. The van der Waals surface area contributed by atoms with E-state index < -0.39 is 0 Å². The van der Waals surface area contributed by atoms with Crippen molar-refractivity contribution < 1.29 is 4.74 Å². The van der Waals surface area contributed by atoms with Crippen LogP contribution in [0.2, 0.25) is 0 Å². The molecular weight excluding hydrogens is 214 g/mol. The van der Waals surface area contributed by atoms with Crippen LogP contribution in [0.15, 0.2) is 0 Å². The van der Waals surface area contributed by atoms with Crippen LogP contribution in [0.5, 0.6) is 0 Å². The van der Waals surface area contributed by atoms with Gasteiger partial charge in [0.05, 0.1) is 5.69 Å². The smallest absolute Gasteiger partial charge is 0.160 e. The van der Waals surface area contributed by atoms with Gasteiger partial charge in [-0.1, -0.05) is 0 Å². The topological polar surface area (TPSA) is 47.0 Å². The van der Waals surface area contributed by atoms with Gasteiger partial charge in [-0.15, -0.1) is 0 Å². The summed E-state index contributed by atoms with van der Waals surface area (Å²) in [5, 5.41) is 3.33. The maximum Gasteiger partial charge on any atom is 0.160 e. The molecule has 0 bridgehead atoms. The first-order valence-corrected chi connectivity index (χ1v) is 6.38. The van der Waals surface area contributed by atoms with Gasteiger partial charge in [0.1, 0.15) is 5.60 Å². The van der Waals surface area contributed by atoms with Crippen molar-refractivity contribution in [2.24, 2.45) is 0 Å². The van der Waals surface area contributed by atoms with Crippen molar-refractivity contribution in [3.05, 3.63) is 22.8 Å². The number of nitrogens with zero attached hydrogens (tertiary/aromatic N) is 2. The van der Waals surface area contributed by atoms with Crippen molar-refractivity contribution >= 4 is 0 Å².